The van der Waals surface area contributed by atoms with E-state index in [0.717, 1.165) is 47.2 Å². The molecule has 3 heterocycles. The molecule has 0 saturated heterocycles. The van der Waals surface area contributed by atoms with Crippen LogP contribution in [0.15, 0.2) is 97.7 Å². The molecule has 0 aliphatic rings. The van der Waals surface area contributed by atoms with Crippen LogP contribution in [0.1, 0.15) is 5.56 Å². The van der Waals surface area contributed by atoms with Gasteiger partial charge in [0.1, 0.15) is 11.5 Å². The molecule has 1 N–H and O–H groups in total. The van der Waals surface area contributed by atoms with Crippen molar-refractivity contribution < 1.29 is 4.74 Å². The molecule has 0 saturated carbocycles. The van der Waals surface area contributed by atoms with E-state index in [1.165, 1.54) is 5.56 Å². The number of hydrogen-bond donors (Lipinski definition) is 1. The van der Waals surface area contributed by atoms with Gasteiger partial charge in [0.05, 0.1) is 11.9 Å². The Kier molecular flexibility index (Phi) is 5.26. The third-order valence-corrected chi connectivity index (χ3v) is 5.02. The van der Waals surface area contributed by atoms with Crippen molar-refractivity contribution in [1.82, 2.24) is 19.4 Å². The second-order valence-electron chi connectivity index (χ2n) is 7.06. The molecule has 5 aromatic rings. The molecular formula is C25H21N5O. The number of aromatic nitrogens is 4. The first-order valence-corrected chi connectivity index (χ1v) is 10.2. The molecule has 6 heteroatoms. The number of para-hydroxylation sites is 2. The number of hydrogen-bond acceptors (Lipinski definition) is 5. The minimum atomic E-state index is 0.754. The second-order valence-corrected chi connectivity index (χ2v) is 7.06. The van der Waals surface area contributed by atoms with Crippen LogP contribution in [0.25, 0.3) is 16.9 Å². The van der Waals surface area contributed by atoms with Crippen molar-refractivity contribution in [2.24, 2.45) is 0 Å². The molecule has 0 amide bonds. The maximum Gasteiger partial charge on any atom is 0.180 e. The number of nitrogens with one attached hydrogen (secondary N) is 1. The predicted molar refractivity (Wildman–Crippen MR) is 121 cm³/mol. The number of anilines is 1. The SMILES string of the molecule is c1ccc(Oc2ccccc2-c2cnc3c(NCCc4ccncc4)nccn23)cc1. The molecule has 0 spiro atoms. The van der Waals surface area contributed by atoms with E-state index in [1.54, 1.807) is 6.20 Å². The van der Waals surface area contributed by atoms with Crippen LogP contribution in [0.4, 0.5) is 5.82 Å². The zero-order chi connectivity index (χ0) is 20.9. The van der Waals surface area contributed by atoms with Gasteiger partial charge < -0.3 is 10.1 Å². The molecule has 6 nitrogen and oxygen atoms in total. The first-order chi connectivity index (χ1) is 15.4. The zero-order valence-corrected chi connectivity index (χ0v) is 16.8. The highest BCUT2D eigenvalue weighted by Gasteiger charge is 2.14. The quantitative estimate of drug-likeness (QED) is 0.400. The molecule has 31 heavy (non-hydrogen) atoms. The van der Waals surface area contributed by atoms with Gasteiger partial charge >= 0.3 is 0 Å². The number of ether oxygens (including phenoxy) is 1. The van der Waals surface area contributed by atoms with Gasteiger partial charge in [-0.15, -0.1) is 0 Å². The Labute approximate surface area is 180 Å². The lowest BCUT2D eigenvalue weighted by Gasteiger charge is -2.11. The van der Waals surface area contributed by atoms with Crippen molar-refractivity contribution in [1.29, 1.82) is 0 Å². The second kappa shape index (κ2) is 8.67. The number of fused-ring (bicyclic) bond motifs is 1. The van der Waals surface area contributed by atoms with Crippen molar-refractivity contribution in [2.45, 2.75) is 6.42 Å². The molecule has 0 atom stereocenters. The highest BCUT2D eigenvalue weighted by Crippen LogP contribution is 2.34. The normalized spacial score (nSPS) is 10.8. The summed E-state index contributed by atoms with van der Waals surface area (Å²) in [5.41, 5.74) is 3.92. The van der Waals surface area contributed by atoms with Crippen molar-refractivity contribution in [3.63, 3.8) is 0 Å². The Bertz CT molecular complexity index is 1290. The number of pyridine rings is 1. The standard InChI is InChI=1S/C25H21N5O/c1-2-6-20(7-3-1)31-23-9-5-4-8-21(23)22-18-29-25-24(28-16-17-30(22)25)27-15-12-19-10-13-26-14-11-19/h1-11,13-14,16-18H,12,15H2,(H,27,28). The summed E-state index contributed by atoms with van der Waals surface area (Å²) in [6.07, 6.45) is 10.1. The average Bonchev–Trinajstić information content (AvgIpc) is 3.26. The Morgan fingerprint density at radius 1 is 0.839 bits per heavy atom. The van der Waals surface area contributed by atoms with Crippen molar-refractivity contribution in [3.8, 4) is 22.8 Å². The topological polar surface area (TPSA) is 64.3 Å². The maximum absolute atomic E-state index is 6.15. The lowest BCUT2D eigenvalue weighted by molar-refractivity contribution is 0.484. The highest BCUT2D eigenvalue weighted by atomic mass is 16.5. The van der Waals surface area contributed by atoms with Gasteiger partial charge in [-0.3, -0.25) is 9.38 Å². The van der Waals surface area contributed by atoms with Crippen molar-refractivity contribution >= 4 is 11.5 Å². The van der Waals surface area contributed by atoms with Gasteiger partial charge in [0, 0.05) is 36.9 Å². The highest BCUT2D eigenvalue weighted by molar-refractivity contribution is 5.74. The number of rotatable bonds is 7. The molecule has 152 valence electrons. The van der Waals surface area contributed by atoms with Crippen molar-refractivity contribution in [3.05, 3.63) is 103 Å². The van der Waals surface area contributed by atoms with E-state index in [2.05, 4.69) is 20.3 Å². The molecule has 0 fully saturated rings. The van der Waals surface area contributed by atoms with Gasteiger partial charge in [0.25, 0.3) is 0 Å². The third-order valence-electron chi connectivity index (χ3n) is 5.02. The fraction of sp³-hybridized carbons (Fsp3) is 0.0800. The predicted octanol–water partition coefficient (Wildman–Crippen LogP) is 5.24. The fourth-order valence-electron chi connectivity index (χ4n) is 3.50. The molecule has 0 aliphatic carbocycles. The molecule has 0 radical (unpaired) electrons. The summed E-state index contributed by atoms with van der Waals surface area (Å²) in [6, 6.07) is 21.8. The van der Waals surface area contributed by atoms with Gasteiger partial charge in [-0.05, 0) is 48.4 Å². The van der Waals surface area contributed by atoms with E-state index >= 15 is 0 Å². The molecule has 0 unspecified atom stereocenters. The largest absolute Gasteiger partial charge is 0.457 e. The molecule has 5 rings (SSSR count). The van der Waals surface area contributed by atoms with Crippen molar-refractivity contribution in [2.75, 3.05) is 11.9 Å². The summed E-state index contributed by atoms with van der Waals surface area (Å²) in [4.78, 5) is 13.2. The van der Waals surface area contributed by atoms with Crippen LogP contribution in [-0.2, 0) is 6.42 Å². The fourth-order valence-corrected chi connectivity index (χ4v) is 3.50. The summed E-state index contributed by atoms with van der Waals surface area (Å²) in [7, 11) is 0. The number of benzene rings is 2. The summed E-state index contributed by atoms with van der Waals surface area (Å²) in [5.74, 6) is 2.33. The van der Waals surface area contributed by atoms with E-state index in [1.807, 2.05) is 95.9 Å². The molecule has 3 aromatic heterocycles. The summed E-state index contributed by atoms with van der Waals surface area (Å²) in [6.45, 7) is 0.757. The number of nitrogens with zero attached hydrogens (tertiary/aromatic N) is 4. The lowest BCUT2D eigenvalue weighted by Crippen LogP contribution is -2.08. The van der Waals surface area contributed by atoms with Crippen LogP contribution in [0, 0.1) is 0 Å². The van der Waals surface area contributed by atoms with Crippen LogP contribution in [0.2, 0.25) is 0 Å². The maximum atomic E-state index is 6.15. The van der Waals surface area contributed by atoms with E-state index in [-0.39, 0.29) is 0 Å². The minimum absolute atomic E-state index is 0.754. The van der Waals surface area contributed by atoms with E-state index in [4.69, 9.17) is 4.74 Å². The molecule has 0 bridgehead atoms. The van der Waals surface area contributed by atoms with Gasteiger partial charge in [-0.2, -0.15) is 0 Å². The first-order valence-electron chi connectivity index (χ1n) is 10.2. The van der Waals surface area contributed by atoms with Gasteiger partial charge in [-0.25, -0.2) is 9.97 Å². The monoisotopic (exact) mass is 407 g/mol. The molecular weight excluding hydrogens is 386 g/mol. The Morgan fingerprint density at radius 2 is 1.65 bits per heavy atom. The summed E-state index contributed by atoms with van der Waals surface area (Å²) in [5, 5.41) is 3.41. The third kappa shape index (κ3) is 4.09. The Balaban J connectivity index is 1.43. The van der Waals surface area contributed by atoms with Crippen LogP contribution in [-0.4, -0.2) is 25.9 Å². The zero-order valence-electron chi connectivity index (χ0n) is 16.8. The number of imidazole rings is 1. The van der Waals surface area contributed by atoms with Crippen LogP contribution in [0.3, 0.4) is 0 Å². The average molecular weight is 407 g/mol. The van der Waals surface area contributed by atoms with E-state index < -0.39 is 0 Å². The van der Waals surface area contributed by atoms with E-state index in [9.17, 15) is 0 Å². The first kappa shape index (κ1) is 18.8. The van der Waals surface area contributed by atoms with Gasteiger partial charge in [0.15, 0.2) is 11.5 Å². The van der Waals surface area contributed by atoms with Crippen LogP contribution in [0.5, 0.6) is 11.5 Å². The molecule has 2 aromatic carbocycles. The Hall–Kier alpha value is -4.19. The Morgan fingerprint density at radius 3 is 2.52 bits per heavy atom. The van der Waals surface area contributed by atoms with E-state index in [0.29, 0.717) is 0 Å². The van der Waals surface area contributed by atoms with Gasteiger partial charge in [0.2, 0.25) is 0 Å². The molecule has 0 aliphatic heterocycles. The lowest BCUT2D eigenvalue weighted by atomic mass is 10.1. The summed E-state index contributed by atoms with van der Waals surface area (Å²) >= 11 is 0. The minimum Gasteiger partial charge on any atom is -0.457 e. The van der Waals surface area contributed by atoms with Gasteiger partial charge in [-0.1, -0.05) is 30.3 Å². The van der Waals surface area contributed by atoms with Crippen LogP contribution < -0.4 is 10.1 Å². The summed E-state index contributed by atoms with van der Waals surface area (Å²) < 4.78 is 8.19. The smallest absolute Gasteiger partial charge is 0.180 e. The van der Waals surface area contributed by atoms with Crippen LogP contribution >= 0.6 is 0 Å².